The Bertz CT molecular complexity index is 964. The predicted molar refractivity (Wildman–Crippen MR) is 100 cm³/mol. The number of oxazole rings is 1. The smallest absolute Gasteiger partial charge is 0.257 e. The summed E-state index contributed by atoms with van der Waals surface area (Å²) >= 11 is 7.56. The second-order valence-corrected chi connectivity index (χ2v) is 6.81. The number of nitrogens with zero attached hydrogens (tertiary/aromatic N) is 1. The number of fused-ring (bicyclic) bond motifs is 1. The first-order valence-electron chi connectivity index (χ1n) is 7.61. The second-order valence-electron chi connectivity index (χ2n) is 5.44. The van der Waals surface area contributed by atoms with E-state index in [0.717, 1.165) is 16.9 Å². The van der Waals surface area contributed by atoms with Crippen LogP contribution in [-0.4, -0.2) is 4.98 Å². The van der Waals surface area contributed by atoms with Crippen LogP contribution in [0.3, 0.4) is 0 Å². The van der Waals surface area contributed by atoms with Crippen LogP contribution in [0.5, 0.6) is 0 Å². The average Bonchev–Trinajstić information content (AvgIpc) is 3.03. The summed E-state index contributed by atoms with van der Waals surface area (Å²) in [4.78, 5) is 4.47. The van der Waals surface area contributed by atoms with E-state index in [4.69, 9.17) is 16.0 Å². The van der Waals surface area contributed by atoms with Crippen molar-refractivity contribution in [1.82, 2.24) is 4.98 Å². The van der Waals surface area contributed by atoms with Crippen molar-refractivity contribution in [2.24, 2.45) is 0 Å². The highest BCUT2D eigenvalue weighted by atomic mass is 35.5. The Morgan fingerprint density at radius 2 is 1.62 bits per heavy atom. The van der Waals surface area contributed by atoms with Gasteiger partial charge in [0.15, 0.2) is 5.58 Å². The Morgan fingerprint density at radius 1 is 0.875 bits per heavy atom. The van der Waals surface area contributed by atoms with Crippen LogP contribution in [-0.2, 0) is 5.75 Å². The van der Waals surface area contributed by atoms with Crippen LogP contribution in [0, 0.1) is 0 Å². The van der Waals surface area contributed by atoms with Gasteiger partial charge in [-0.1, -0.05) is 78.0 Å². The molecule has 3 aromatic carbocycles. The van der Waals surface area contributed by atoms with Crippen molar-refractivity contribution in [2.45, 2.75) is 11.0 Å². The Labute approximate surface area is 149 Å². The van der Waals surface area contributed by atoms with Crippen LogP contribution >= 0.6 is 23.4 Å². The van der Waals surface area contributed by atoms with Gasteiger partial charge in [-0.25, -0.2) is 4.98 Å². The molecule has 0 unspecified atom stereocenters. The average molecular weight is 352 g/mol. The highest BCUT2D eigenvalue weighted by Gasteiger charge is 2.07. The molecule has 0 bridgehead atoms. The Morgan fingerprint density at radius 3 is 2.42 bits per heavy atom. The van der Waals surface area contributed by atoms with Crippen LogP contribution in [0.25, 0.3) is 22.2 Å². The number of hydrogen-bond donors (Lipinski definition) is 0. The lowest BCUT2D eigenvalue weighted by Gasteiger charge is -2.03. The summed E-state index contributed by atoms with van der Waals surface area (Å²) in [5.41, 5.74) is 5.25. The molecular weight excluding hydrogens is 338 g/mol. The zero-order chi connectivity index (χ0) is 16.4. The van der Waals surface area contributed by atoms with Crippen molar-refractivity contribution >= 4 is 34.5 Å². The maximum atomic E-state index is 5.97. The first kappa shape index (κ1) is 15.3. The van der Waals surface area contributed by atoms with Crippen LogP contribution in [0.15, 0.2) is 82.4 Å². The molecule has 1 aromatic heterocycles. The van der Waals surface area contributed by atoms with Gasteiger partial charge in [0, 0.05) is 16.8 Å². The van der Waals surface area contributed by atoms with E-state index in [0.29, 0.717) is 10.2 Å². The van der Waals surface area contributed by atoms with Gasteiger partial charge in [0.2, 0.25) is 0 Å². The van der Waals surface area contributed by atoms with Gasteiger partial charge in [0.1, 0.15) is 5.52 Å². The van der Waals surface area contributed by atoms with Crippen molar-refractivity contribution < 1.29 is 4.42 Å². The van der Waals surface area contributed by atoms with Crippen LogP contribution in [0.4, 0.5) is 0 Å². The highest BCUT2D eigenvalue weighted by molar-refractivity contribution is 7.98. The lowest BCUT2D eigenvalue weighted by Crippen LogP contribution is -1.82. The summed E-state index contributed by atoms with van der Waals surface area (Å²) in [5, 5.41) is 1.33. The summed E-state index contributed by atoms with van der Waals surface area (Å²) in [6.07, 6.45) is 0. The quantitative estimate of drug-likeness (QED) is 0.396. The van der Waals surface area contributed by atoms with Crippen LogP contribution in [0.1, 0.15) is 5.56 Å². The number of rotatable bonds is 4. The third-order valence-corrected chi connectivity index (χ3v) is 4.89. The van der Waals surface area contributed by atoms with Gasteiger partial charge in [-0.05, 0) is 28.8 Å². The van der Waals surface area contributed by atoms with Gasteiger partial charge in [0.25, 0.3) is 5.22 Å². The monoisotopic (exact) mass is 351 g/mol. The van der Waals surface area contributed by atoms with Gasteiger partial charge >= 0.3 is 0 Å². The van der Waals surface area contributed by atoms with E-state index in [1.807, 2.05) is 18.2 Å². The Hall–Kier alpha value is -2.23. The molecule has 0 spiro atoms. The predicted octanol–water partition coefficient (Wildman–Crippen LogP) is 6.44. The molecule has 1 heterocycles. The van der Waals surface area contributed by atoms with E-state index in [1.54, 1.807) is 17.8 Å². The van der Waals surface area contributed by atoms with Crippen molar-refractivity contribution in [1.29, 1.82) is 0 Å². The number of thioether (sulfide) groups is 1. The first-order valence-corrected chi connectivity index (χ1v) is 8.97. The largest absolute Gasteiger partial charge is 0.431 e. The zero-order valence-corrected chi connectivity index (χ0v) is 14.3. The maximum absolute atomic E-state index is 5.97. The lowest BCUT2D eigenvalue weighted by atomic mass is 10.0. The fourth-order valence-corrected chi connectivity index (χ4v) is 3.46. The first-order chi connectivity index (χ1) is 11.8. The van der Waals surface area contributed by atoms with E-state index >= 15 is 0 Å². The number of hydrogen-bond acceptors (Lipinski definition) is 3. The fourth-order valence-electron chi connectivity index (χ4n) is 2.51. The highest BCUT2D eigenvalue weighted by Crippen LogP contribution is 2.28. The van der Waals surface area contributed by atoms with E-state index in [1.165, 1.54) is 16.7 Å². The molecule has 2 nitrogen and oxygen atoms in total. The summed E-state index contributed by atoms with van der Waals surface area (Å²) in [6.45, 7) is 0. The van der Waals surface area contributed by atoms with Gasteiger partial charge in [-0.3, -0.25) is 0 Å². The molecule has 4 rings (SSSR count). The Balaban J connectivity index is 1.47. The van der Waals surface area contributed by atoms with E-state index < -0.39 is 0 Å². The third-order valence-electron chi connectivity index (χ3n) is 3.75. The van der Waals surface area contributed by atoms with Gasteiger partial charge < -0.3 is 4.42 Å². The normalized spacial score (nSPS) is 11.0. The van der Waals surface area contributed by atoms with Gasteiger partial charge in [0.05, 0.1) is 0 Å². The van der Waals surface area contributed by atoms with E-state index in [9.17, 15) is 0 Å². The van der Waals surface area contributed by atoms with Crippen molar-refractivity contribution in [3.8, 4) is 11.1 Å². The van der Waals surface area contributed by atoms with Crippen LogP contribution < -0.4 is 0 Å². The molecular formula is C20H14ClNOS. The molecule has 0 atom stereocenters. The summed E-state index contributed by atoms with van der Waals surface area (Å²) in [6, 6.07) is 24.5. The molecule has 0 saturated heterocycles. The lowest BCUT2D eigenvalue weighted by molar-refractivity contribution is 0.489. The molecule has 0 aliphatic heterocycles. The topological polar surface area (TPSA) is 26.0 Å². The molecule has 4 heteroatoms. The Kier molecular flexibility index (Phi) is 4.28. The minimum atomic E-state index is 0.659. The zero-order valence-electron chi connectivity index (χ0n) is 12.8. The number of aromatic nitrogens is 1. The standard InChI is InChI=1S/C20H14ClNOS/c21-17-10-11-18-19(12-17)23-20(22-18)24-13-14-6-8-16(9-7-14)15-4-2-1-3-5-15/h1-12H,13H2. The second kappa shape index (κ2) is 6.71. The number of benzene rings is 3. The van der Waals surface area contributed by atoms with Crippen LogP contribution in [0.2, 0.25) is 5.02 Å². The maximum Gasteiger partial charge on any atom is 0.257 e. The summed E-state index contributed by atoms with van der Waals surface area (Å²) in [7, 11) is 0. The van der Waals surface area contributed by atoms with Crippen molar-refractivity contribution in [2.75, 3.05) is 0 Å². The van der Waals surface area contributed by atoms with E-state index in [2.05, 4.69) is 53.5 Å². The SMILES string of the molecule is Clc1ccc2nc(SCc3ccc(-c4ccccc4)cc3)oc2c1. The molecule has 118 valence electrons. The molecule has 0 N–H and O–H groups in total. The summed E-state index contributed by atoms with van der Waals surface area (Å²) < 4.78 is 5.73. The molecule has 24 heavy (non-hydrogen) atoms. The van der Waals surface area contributed by atoms with Gasteiger partial charge in [-0.2, -0.15) is 0 Å². The molecule has 0 radical (unpaired) electrons. The third kappa shape index (κ3) is 3.32. The van der Waals surface area contributed by atoms with Gasteiger partial charge in [-0.15, -0.1) is 0 Å². The van der Waals surface area contributed by atoms with Crippen molar-refractivity contribution in [3.05, 3.63) is 83.4 Å². The molecule has 0 amide bonds. The molecule has 0 aliphatic carbocycles. The molecule has 0 aliphatic rings. The van der Waals surface area contributed by atoms with E-state index in [-0.39, 0.29) is 0 Å². The van der Waals surface area contributed by atoms with Crippen molar-refractivity contribution in [3.63, 3.8) is 0 Å². The molecule has 0 fully saturated rings. The molecule has 4 aromatic rings. The minimum absolute atomic E-state index is 0.659. The summed E-state index contributed by atoms with van der Waals surface area (Å²) in [5.74, 6) is 0.815. The minimum Gasteiger partial charge on any atom is -0.431 e. The number of halogens is 1. The molecule has 0 saturated carbocycles. The fraction of sp³-hybridized carbons (Fsp3) is 0.0500.